The topological polar surface area (TPSA) is 74.4 Å². The zero-order chi connectivity index (χ0) is 29.1. The van der Waals surface area contributed by atoms with Gasteiger partial charge in [-0.3, -0.25) is 9.59 Å². The second-order valence-corrected chi connectivity index (χ2v) is 14.4. The summed E-state index contributed by atoms with van der Waals surface area (Å²) in [5, 5.41) is 3.39. The highest BCUT2D eigenvalue weighted by atomic mass is 16.7. The summed E-state index contributed by atoms with van der Waals surface area (Å²) >= 11 is 0. The van der Waals surface area contributed by atoms with E-state index in [1.54, 1.807) is 0 Å². The van der Waals surface area contributed by atoms with Gasteiger partial charge in [-0.1, -0.05) is 41.5 Å². The molecule has 1 spiro atoms. The van der Waals surface area contributed by atoms with E-state index in [2.05, 4.69) is 58.7 Å². The third-order valence-electron chi connectivity index (χ3n) is 10.0. The highest BCUT2D eigenvalue weighted by Crippen LogP contribution is 2.41. The molecule has 4 saturated heterocycles. The van der Waals surface area contributed by atoms with E-state index in [1.807, 2.05) is 9.80 Å². The van der Waals surface area contributed by atoms with Gasteiger partial charge >= 0.3 is 0 Å². The molecule has 8 heteroatoms. The number of nitrogens with zero attached hydrogens (tertiary/aromatic N) is 3. The van der Waals surface area contributed by atoms with Gasteiger partial charge in [0.2, 0.25) is 11.8 Å². The first kappa shape index (κ1) is 31.7. The molecular formula is C32H58N4O4. The molecule has 40 heavy (non-hydrogen) atoms. The predicted molar refractivity (Wildman–Crippen MR) is 159 cm³/mol. The van der Waals surface area contributed by atoms with Gasteiger partial charge in [0.05, 0.1) is 19.3 Å². The summed E-state index contributed by atoms with van der Waals surface area (Å²) < 4.78 is 13.2. The summed E-state index contributed by atoms with van der Waals surface area (Å²) in [5.74, 6) is 1.14. The van der Waals surface area contributed by atoms with Crippen LogP contribution in [0.1, 0.15) is 93.4 Å². The molecular weight excluding hydrogens is 504 g/mol. The van der Waals surface area contributed by atoms with Crippen LogP contribution in [0.25, 0.3) is 0 Å². The average molecular weight is 563 g/mol. The molecule has 2 amide bonds. The Balaban J connectivity index is 1.38. The summed E-state index contributed by atoms with van der Waals surface area (Å²) in [6, 6.07) is -0.610. The highest BCUT2D eigenvalue weighted by Gasteiger charge is 2.50. The minimum Gasteiger partial charge on any atom is -0.349 e. The van der Waals surface area contributed by atoms with Gasteiger partial charge in [0.1, 0.15) is 6.04 Å². The van der Waals surface area contributed by atoms with Crippen molar-refractivity contribution >= 4 is 11.8 Å². The van der Waals surface area contributed by atoms with Crippen molar-refractivity contribution in [3.05, 3.63) is 0 Å². The maximum atomic E-state index is 14.1. The number of amides is 2. The molecule has 0 bridgehead atoms. The molecule has 0 radical (unpaired) electrons. The van der Waals surface area contributed by atoms with E-state index >= 15 is 0 Å². The number of piperazine rings is 1. The zero-order valence-electron chi connectivity index (χ0n) is 26.5. The molecule has 0 aromatic carbocycles. The van der Waals surface area contributed by atoms with Gasteiger partial charge in [-0.15, -0.1) is 0 Å². The Morgan fingerprint density at radius 3 is 2.27 bits per heavy atom. The van der Waals surface area contributed by atoms with Crippen LogP contribution in [0.3, 0.4) is 0 Å². The molecule has 4 heterocycles. The van der Waals surface area contributed by atoms with Gasteiger partial charge < -0.3 is 29.5 Å². The second-order valence-electron chi connectivity index (χ2n) is 14.4. The van der Waals surface area contributed by atoms with Crippen LogP contribution in [0.15, 0.2) is 0 Å². The molecule has 4 aliphatic heterocycles. The van der Waals surface area contributed by atoms with Crippen molar-refractivity contribution < 1.29 is 19.1 Å². The molecule has 0 unspecified atom stereocenters. The number of carbonyl (C=O) groups excluding carboxylic acids is 2. The maximum Gasteiger partial charge on any atom is 0.245 e. The molecule has 8 nitrogen and oxygen atoms in total. The van der Waals surface area contributed by atoms with E-state index in [0.717, 1.165) is 45.1 Å². The van der Waals surface area contributed by atoms with Crippen LogP contribution in [0.5, 0.6) is 0 Å². The van der Waals surface area contributed by atoms with Gasteiger partial charge in [0.15, 0.2) is 5.79 Å². The smallest absolute Gasteiger partial charge is 0.245 e. The van der Waals surface area contributed by atoms with Crippen molar-refractivity contribution in [3.8, 4) is 0 Å². The fourth-order valence-corrected chi connectivity index (χ4v) is 7.24. The first-order valence-corrected chi connectivity index (χ1v) is 16.3. The lowest BCUT2D eigenvalue weighted by Crippen LogP contribution is -2.64. The normalized spacial score (nSPS) is 33.8. The Labute approximate surface area is 243 Å². The molecule has 4 aliphatic rings. The minimum atomic E-state index is -0.605. The standard InChI is InChI=1S/C32H58N4O4/c1-8-31(20-34-13-9-25(6)10-14-34)21-39-32(40-22-31)11-15-35(26(7)19-32)30(38)28(18-24(4)5)36-16-12-33-27(29(36)37)17-23(2)3/h23-28,33H,8-22H2,1-7H3/t26-,27-,28-,31?,32?/m0/s1. The van der Waals surface area contributed by atoms with Crippen molar-refractivity contribution in [3.63, 3.8) is 0 Å². The number of rotatable bonds is 9. The fraction of sp³-hybridized carbons (Fsp3) is 0.938. The molecule has 3 atom stereocenters. The van der Waals surface area contributed by atoms with Gasteiger partial charge in [0, 0.05) is 50.5 Å². The number of piperidine rings is 2. The second kappa shape index (κ2) is 13.4. The molecule has 1 N–H and O–H groups in total. The Morgan fingerprint density at radius 2 is 1.70 bits per heavy atom. The molecule has 4 rings (SSSR count). The van der Waals surface area contributed by atoms with E-state index in [1.165, 1.54) is 25.9 Å². The lowest BCUT2D eigenvalue weighted by molar-refractivity contribution is -0.323. The van der Waals surface area contributed by atoms with Crippen LogP contribution in [-0.4, -0.2) is 103 Å². The van der Waals surface area contributed by atoms with Crippen molar-refractivity contribution in [2.45, 2.75) is 117 Å². The van der Waals surface area contributed by atoms with Gasteiger partial charge in [0.25, 0.3) is 0 Å². The van der Waals surface area contributed by atoms with Crippen molar-refractivity contribution in [1.29, 1.82) is 0 Å². The monoisotopic (exact) mass is 562 g/mol. The molecule has 4 fully saturated rings. The number of carbonyl (C=O) groups is 2. The average Bonchev–Trinajstić information content (AvgIpc) is 2.91. The SMILES string of the molecule is CCC1(CN2CCC(C)CC2)COC2(CCN(C(=O)[C@H](CC(C)C)N3CCN[C@@H](CC(C)C)C3=O)[C@@H](C)C2)OC1. The number of nitrogens with one attached hydrogen (secondary N) is 1. The van der Waals surface area contributed by atoms with Crippen LogP contribution >= 0.6 is 0 Å². The van der Waals surface area contributed by atoms with Crippen molar-refractivity contribution in [2.24, 2.45) is 23.2 Å². The van der Waals surface area contributed by atoms with E-state index in [0.29, 0.717) is 44.2 Å². The first-order valence-electron chi connectivity index (χ1n) is 16.3. The summed E-state index contributed by atoms with van der Waals surface area (Å²) in [6.45, 7) is 22.1. The highest BCUT2D eigenvalue weighted by molar-refractivity contribution is 5.90. The Kier molecular flexibility index (Phi) is 10.6. The third kappa shape index (κ3) is 7.40. The van der Waals surface area contributed by atoms with Crippen LogP contribution in [0.4, 0.5) is 0 Å². The number of hydrogen-bond donors (Lipinski definition) is 1. The van der Waals surface area contributed by atoms with Crippen LogP contribution < -0.4 is 5.32 Å². The minimum absolute atomic E-state index is 0.00176. The molecule has 0 aromatic rings. The molecule has 0 saturated carbocycles. The Hall–Kier alpha value is -1.22. The number of ether oxygens (including phenoxy) is 2. The molecule has 0 aliphatic carbocycles. The zero-order valence-corrected chi connectivity index (χ0v) is 26.5. The van der Waals surface area contributed by atoms with Crippen LogP contribution in [-0.2, 0) is 19.1 Å². The largest absolute Gasteiger partial charge is 0.349 e. The Morgan fingerprint density at radius 1 is 1.02 bits per heavy atom. The first-order chi connectivity index (χ1) is 19.0. The van der Waals surface area contributed by atoms with Gasteiger partial charge in [-0.25, -0.2) is 0 Å². The quantitative estimate of drug-likeness (QED) is 0.456. The maximum absolute atomic E-state index is 14.1. The number of likely N-dealkylation sites (tertiary alicyclic amines) is 2. The summed E-state index contributed by atoms with van der Waals surface area (Å²) in [7, 11) is 0. The number of hydrogen-bond acceptors (Lipinski definition) is 6. The summed E-state index contributed by atoms with van der Waals surface area (Å²) in [6.07, 6.45) is 6.46. The predicted octanol–water partition coefficient (Wildman–Crippen LogP) is 4.13. The van der Waals surface area contributed by atoms with Gasteiger partial charge in [-0.2, -0.15) is 0 Å². The third-order valence-corrected chi connectivity index (χ3v) is 10.0. The summed E-state index contributed by atoms with van der Waals surface area (Å²) in [5.41, 5.74) is 0.0412. The van der Waals surface area contributed by atoms with Crippen LogP contribution in [0, 0.1) is 23.2 Å². The fourth-order valence-electron chi connectivity index (χ4n) is 7.24. The van der Waals surface area contributed by atoms with E-state index < -0.39 is 11.8 Å². The summed E-state index contributed by atoms with van der Waals surface area (Å²) in [4.78, 5) is 34.1. The van der Waals surface area contributed by atoms with Crippen molar-refractivity contribution in [1.82, 2.24) is 20.0 Å². The van der Waals surface area contributed by atoms with Gasteiger partial charge in [-0.05, 0) is 69.9 Å². The van der Waals surface area contributed by atoms with Crippen LogP contribution in [0.2, 0.25) is 0 Å². The molecule has 230 valence electrons. The lowest BCUT2D eigenvalue weighted by Gasteiger charge is -2.52. The lowest BCUT2D eigenvalue weighted by atomic mass is 9.83. The van der Waals surface area contributed by atoms with E-state index in [4.69, 9.17) is 9.47 Å². The molecule has 0 aromatic heterocycles. The van der Waals surface area contributed by atoms with E-state index in [9.17, 15) is 9.59 Å². The Bertz CT molecular complexity index is 848. The van der Waals surface area contributed by atoms with E-state index in [-0.39, 0.29) is 29.3 Å². The van der Waals surface area contributed by atoms with Crippen molar-refractivity contribution in [2.75, 3.05) is 52.5 Å².